The number of carbonyl (C=O) groups excluding carboxylic acids is 1. The Morgan fingerprint density at radius 2 is 1.70 bits per heavy atom. The lowest BCUT2D eigenvalue weighted by Crippen LogP contribution is -2.11. The number of hydrogen-bond donors (Lipinski definition) is 2. The summed E-state index contributed by atoms with van der Waals surface area (Å²) in [4.78, 5) is 30.8. The van der Waals surface area contributed by atoms with Gasteiger partial charge in [0, 0.05) is 12.2 Å². The standard InChI is InChI=1S/C22H23N5O6/c1-31-17-9-4-14(12-18(17)32-2)10-11-23-20-19(27(29)30)21(25-13-24-20)26-16-7-5-15(6-8-16)22(28)33-3/h4-9,12-13H,10-11H2,1-3H3,(H2,23,24,25,26). The van der Waals surface area contributed by atoms with Crippen LogP contribution in [0.25, 0.3) is 0 Å². The number of nitrogens with one attached hydrogen (secondary N) is 2. The molecule has 0 amide bonds. The Bertz CT molecular complexity index is 1140. The summed E-state index contributed by atoms with van der Waals surface area (Å²) in [5, 5.41) is 17.7. The number of carbonyl (C=O) groups is 1. The van der Waals surface area contributed by atoms with Crippen molar-refractivity contribution in [2.45, 2.75) is 6.42 Å². The molecule has 0 aliphatic rings. The van der Waals surface area contributed by atoms with Gasteiger partial charge in [-0.2, -0.15) is 0 Å². The molecular formula is C22H23N5O6. The number of hydrogen-bond acceptors (Lipinski definition) is 10. The third kappa shape index (κ3) is 5.64. The van der Waals surface area contributed by atoms with E-state index in [1.807, 2.05) is 12.1 Å². The minimum atomic E-state index is -0.552. The van der Waals surface area contributed by atoms with Crippen molar-refractivity contribution in [2.24, 2.45) is 0 Å². The van der Waals surface area contributed by atoms with Crippen molar-refractivity contribution in [3.05, 3.63) is 70.0 Å². The lowest BCUT2D eigenvalue weighted by atomic mass is 10.1. The molecule has 3 rings (SSSR count). The van der Waals surface area contributed by atoms with E-state index >= 15 is 0 Å². The van der Waals surface area contributed by atoms with Crippen molar-refractivity contribution in [2.75, 3.05) is 38.5 Å². The van der Waals surface area contributed by atoms with Crippen molar-refractivity contribution in [3.63, 3.8) is 0 Å². The largest absolute Gasteiger partial charge is 0.493 e. The maximum absolute atomic E-state index is 11.8. The number of nitro groups is 1. The highest BCUT2D eigenvalue weighted by molar-refractivity contribution is 5.89. The van der Waals surface area contributed by atoms with Crippen LogP contribution < -0.4 is 20.1 Å². The van der Waals surface area contributed by atoms with Crippen molar-refractivity contribution >= 4 is 29.0 Å². The summed E-state index contributed by atoms with van der Waals surface area (Å²) in [6.45, 7) is 0.389. The number of ether oxygens (including phenoxy) is 3. The molecule has 0 spiro atoms. The Balaban J connectivity index is 1.74. The second-order valence-electron chi connectivity index (χ2n) is 6.74. The van der Waals surface area contributed by atoms with Crippen LogP contribution >= 0.6 is 0 Å². The molecule has 0 saturated heterocycles. The Labute approximate surface area is 189 Å². The number of anilines is 3. The lowest BCUT2D eigenvalue weighted by Gasteiger charge is -2.12. The lowest BCUT2D eigenvalue weighted by molar-refractivity contribution is -0.383. The molecule has 0 bridgehead atoms. The average molecular weight is 453 g/mol. The molecule has 11 nitrogen and oxygen atoms in total. The molecule has 0 radical (unpaired) electrons. The molecule has 0 aliphatic carbocycles. The SMILES string of the molecule is COC(=O)c1ccc(Nc2ncnc(NCCc3ccc(OC)c(OC)c3)c2[N+](=O)[O-])cc1. The molecule has 0 atom stereocenters. The van der Waals surface area contributed by atoms with Gasteiger partial charge in [-0.3, -0.25) is 10.1 Å². The zero-order chi connectivity index (χ0) is 23.8. The molecule has 0 saturated carbocycles. The molecule has 11 heteroatoms. The Kier molecular flexibility index (Phi) is 7.58. The van der Waals surface area contributed by atoms with E-state index < -0.39 is 10.9 Å². The van der Waals surface area contributed by atoms with E-state index in [1.54, 1.807) is 44.6 Å². The minimum Gasteiger partial charge on any atom is -0.493 e. The van der Waals surface area contributed by atoms with Crippen LogP contribution in [0.4, 0.5) is 23.0 Å². The number of rotatable bonds is 10. The molecule has 33 heavy (non-hydrogen) atoms. The average Bonchev–Trinajstić information content (AvgIpc) is 2.83. The highest BCUT2D eigenvalue weighted by Crippen LogP contribution is 2.31. The third-order valence-corrected chi connectivity index (χ3v) is 4.73. The molecule has 2 N–H and O–H groups in total. The highest BCUT2D eigenvalue weighted by atomic mass is 16.6. The second-order valence-corrected chi connectivity index (χ2v) is 6.74. The van der Waals surface area contributed by atoms with Gasteiger partial charge >= 0.3 is 11.7 Å². The van der Waals surface area contributed by atoms with Gasteiger partial charge in [0.2, 0.25) is 11.6 Å². The number of nitrogens with zero attached hydrogens (tertiary/aromatic N) is 3. The Morgan fingerprint density at radius 3 is 2.33 bits per heavy atom. The van der Waals surface area contributed by atoms with Gasteiger partial charge in [0.1, 0.15) is 6.33 Å². The van der Waals surface area contributed by atoms with Gasteiger partial charge in [-0.15, -0.1) is 0 Å². The number of benzene rings is 2. The molecule has 0 aliphatic heterocycles. The molecule has 172 valence electrons. The smallest absolute Gasteiger partial charge is 0.353 e. The predicted molar refractivity (Wildman–Crippen MR) is 121 cm³/mol. The molecule has 2 aromatic carbocycles. The summed E-state index contributed by atoms with van der Waals surface area (Å²) >= 11 is 0. The molecule has 0 fully saturated rings. The molecule has 1 aromatic heterocycles. The number of methoxy groups -OCH3 is 3. The van der Waals surface area contributed by atoms with E-state index in [0.29, 0.717) is 35.7 Å². The van der Waals surface area contributed by atoms with E-state index in [1.165, 1.54) is 13.4 Å². The summed E-state index contributed by atoms with van der Waals surface area (Å²) in [5.74, 6) is 0.859. The van der Waals surface area contributed by atoms with Gasteiger partial charge in [0.05, 0.1) is 31.8 Å². The van der Waals surface area contributed by atoms with E-state index in [9.17, 15) is 14.9 Å². The van der Waals surface area contributed by atoms with Crippen molar-refractivity contribution in [1.29, 1.82) is 0 Å². The molecular weight excluding hydrogens is 430 g/mol. The van der Waals surface area contributed by atoms with E-state index in [0.717, 1.165) is 5.56 Å². The quantitative estimate of drug-likeness (QED) is 0.266. The summed E-state index contributed by atoms with van der Waals surface area (Å²) in [5.41, 5.74) is 1.54. The van der Waals surface area contributed by atoms with Crippen LogP contribution in [-0.2, 0) is 11.2 Å². The monoisotopic (exact) mass is 453 g/mol. The van der Waals surface area contributed by atoms with Crippen LogP contribution in [0.3, 0.4) is 0 Å². The first kappa shape index (κ1) is 23.3. The molecule has 3 aromatic rings. The maximum atomic E-state index is 11.8. The van der Waals surface area contributed by atoms with Crippen LogP contribution in [0.15, 0.2) is 48.8 Å². The van der Waals surface area contributed by atoms with E-state index in [2.05, 4.69) is 25.3 Å². The Hall–Kier alpha value is -4.41. The summed E-state index contributed by atoms with van der Waals surface area (Å²) in [6, 6.07) is 11.8. The van der Waals surface area contributed by atoms with Crippen LogP contribution in [0, 0.1) is 10.1 Å². The van der Waals surface area contributed by atoms with Gasteiger partial charge in [-0.1, -0.05) is 6.07 Å². The maximum Gasteiger partial charge on any atom is 0.353 e. The first-order valence-electron chi connectivity index (χ1n) is 9.86. The fourth-order valence-electron chi connectivity index (χ4n) is 3.08. The van der Waals surface area contributed by atoms with Gasteiger partial charge in [0.15, 0.2) is 11.5 Å². The summed E-state index contributed by atoms with van der Waals surface area (Å²) < 4.78 is 15.2. The van der Waals surface area contributed by atoms with Gasteiger partial charge in [-0.05, 0) is 48.4 Å². The molecule has 0 unspecified atom stereocenters. The van der Waals surface area contributed by atoms with Gasteiger partial charge < -0.3 is 24.8 Å². The minimum absolute atomic E-state index is 0.0226. The summed E-state index contributed by atoms with van der Waals surface area (Å²) in [7, 11) is 4.41. The summed E-state index contributed by atoms with van der Waals surface area (Å²) in [6.07, 6.45) is 1.80. The zero-order valence-electron chi connectivity index (χ0n) is 18.3. The van der Waals surface area contributed by atoms with Crippen LogP contribution in [-0.4, -0.2) is 48.7 Å². The van der Waals surface area contributed by atoms with Crippen LogP contribution in [0.5, 0.6) is 11.5 Å². The normalized spacial score (nSPS) is 10.3. The van der Waals surface area contributed by atoms with Crippen LogP contribution in [0.2, 0.25) is 0 Å². The Morgan fingerprint density at radius 1 is 1.00 bits per heavy atom. The predicted octanol–water partition coefficient (Wildman–Crippen LogP) is 3.59. The first-order chi connectivity index (χ1) is 16.0. The van der Waals surface area contributed by atoms with Crippen molar-refractivity contribution < 1.29 is 23.9 Å². The van der Waals surface area contributed by atoms with Gasteiger partial charge in [0.25, 0.3) is 0 Å². The van der Waals surface area contributed by atoms with E-state index in [-0.39, 0.29) is 17.3 Å². The van der Waals surface area contributed by atoms with Gasteiger partial charge in [-0.25, -0.2) is 14.8 Å². The van der Waals surface area contributed by atoms with Crippen molar-refractivity contribution in [1.82, 2.24) is 9.97 Å². The fraction of sp³-hybridized carbons (Fsp3) is 0.227. The van der Waals surface area contributed by atoms with Crippen molar-refractivity contribution in [3.8, 4) is 11.5 Å². The first-order valence-corrected chi connectivity index (χ1v) is 9.86. The second kappa shape index (κ2) is 10.8. The van der Waals surface area contributed by atoms with E-state index in [4.69, 9.17) is 9.47 Å². The highest BCUT2D eigenvalue weighted by Gasteiger charge is 2.23. The number of aromatic nitrogens is 2. The van der Waals surface area contributed by atoms with Crippen LogP contribution in [0.1, 0.15) is 15.9 Å². The fourth-order valence-corrected chi connectivity index (χ4v) is 3.08. The number of esters is 1. The topological polar surface area (TPSA) is 138 Å². The molecule has 1 heterocycles. The third-order valence-electron chi connectivity index (χ3n) is 4.73. The zero-order valence-corrected chi connectivity index (χ0v) is 18.3.